The fourth-order valence-corrected chi connectivity index (χ4v) is 4.42. The van der Waals surface area contributed by atoms with Crippen molar-refractivity contribution in [3.8, 4) is 0 Å². The molecule has 2 heterocycles. The van der Waals surface area contributed by atoms with Crippen molar-refractivity contribution in [2.45, 2.75) is 51.0 Å². The van der Waals surface area contributed by atoms with Gasteiger partial charge in [-0.15, -0.1) is 0 Å². The number of unbranched alkanes of at least 4 members (excludes halogenated alkanes) is 1. The number of nitrogens with two attached hydrogens (primary N) is 1. The Bertz CT molecular complexity index is 605. The summed E-state index contributed by atoms with van der Waals surface area (Å²) in [5.41, 5.74) is 7.01. The van der Waals surface area contributed by atoms with Crippen molar-refractivity contribution < 1.29 is 9.59 Å². The molecule has 0 radical (unpaired) electrons. The summed E-state index contributed by atoms with van der Waals surface area (Å²) in [5.74, 6) is 0.928. The number of carbonyl (C=O) groups excluding carboxylic acids is 2. The number of amides is 2. The molecule has 1 aromatic rings. The minimum Gasteiger partial charge on any atom is -0.342 e. The van der Waals surface area contributed by atoms with E-state index < -0.39 is 0 Å². The lowest BCUT2D eigenvalue weighted by atomic mass is 9.83. The first kappa shape index (κ1) is 18.9. The zero-order valence-corrected chi connectivity index (χ0v) is 15.6. The Morgan fingerprint density at radius 2 is 1.96 bits per heavy atom. The fraction of sp³-hybridized carbons (Fsp3) is 0.619. The van der Waals surface area contributed by atoms with Gasteiger partial charge in [0, 0.05) is 45.1 Å². The zero-order valence-electron chi connectivity index (χ0n) is 15.6. The molecule has 2 N–H and O–H groups in total. The molecule has 2 saturated heterocycles. The largest absolute Gasteiger partial charge is 0.342 e. The normalized spacial score (nSPS) is 23.0. The van der Waals surface area contributed by atoms with Crippen molar-refractivity contribution >= 4 is 11.8 Å². The molecular formula is C21H31N3O2. The SMILES string of the molecule is NCCN1C(=O)CC[C@H]2CN(C(=O)CCCCc3ccccc3)CC[C@H]21. The smallest absolute Gasteiger partial charge is 0.222 e. The molecule has 0 spiro atoms. The van der Waals surface area contributed by atoms with Crippen LogP contribution in [-0.2, 0) is 16.0 Å². The van der Waals surface area contributed by atoms with Crippen molar-refractivity contribution in [3.63, 3.8) is 0 Å². The number of aryl methyl sites for hydroxylation is 1. The van der Waals surface area contributed by atoms with Gasteiger partial charge in [-0.25, -0.2) is 0 Å². The molecular weight excluding hydrogens is 326 g/mol. The number of carbonyl (C=O) groups is 2. The summed E-state index contributed by atoms with van der Waals surface area (Å²) in [6.07, 6.45) is 6.06. The van der Waals surface area contributed by atoms with Crippen LogP contribution in [0.1, 0.15) is 44.1 Å². The van der Waals surface area contributed by atoms with Crippen LogP contribution in [0.5, 0.6) is 0 Å². The number of rotatable bonds is 7. The Balaban J connectivity index is 1.43. The third-order valence-electron chi connectivity index (χ3n) is 5.82. The molecule has 0 unspecified atom stereocenters. The Morgan fingerprint density at radius 1 is 1.15 bits per heavy atom. The maximum absolute atomic E-state index is 12.6. The van der Waals surface area contributed by atoms with Crippen LogP contribution >= 0.6 is 0 Å². The average molecular weight is 357 g/mol. The van der Waals surface area contributed by atoms with Crippen LogP contribution in [0, 0.1) is 5.92 Å². The number of hydrogen-bond acceptors (Lipinski definition) is 3. The molecule has 2 aliphatic heterocycles. The second-order valence-corrected chi connectivity index (χ2v) is 7.56. The predicted octanol–water partition coefficient (Wildman–Crippen LogP) is 2.20. The first-order valence-electron chi connectivity index (χ1n) is 10.0. The highest BCUT2D eigenvalue weighted by atomic mass is 16.2. The van der Waals surface area contributed by atoms with E-state index in [1.54, 1.807) is 0 Å². The Hall–Kier alpha value is -1.88. The van der Waals surface area contributed by atoms with Crippen molar-refractivity contribution in [2.24, 2.45) is 11.7 Å². The van der Waals surface area contributed by atoms with Gasteiger partial charge in [0.2, 0.25) is 11.8 Å². The lowest BCUT2D eigenvalue weighted by molar-refractivity contribution is -0.144. The second-order valence-electron chi connectivity index (χ2n) is 7.56. The molecule has 0 saturated carbocycles. The molecule has 5 heteroatoms. The van der Waals surface area contributed by atoms with Crippen molar-refractivity contribution in [1.82, 2.24) is 9.80 Å². The number of hydrogen-bond donors (Lipinski definition) is 1. The molecule has 3 rings (SSSR count). The molecule has 1 aromatic carbocycles. The predicted molar refractivity (Wildman–Crippen MR) is 102 cm³/mol. The van der Waals surface area contributed by atoms with Gasteiger partial charge in [0.15, 0.2) is 0 Å². The number of likely N-dealkylation sites (tertiary alicyclic amines) is 2. The number of piperidine rings is 2. The molecule has 2 fully saturated rings. The van der Waals surface area contributed by atoms with Crippen LogP contribution in [-0.4, -0.2) is 53.8 Å². The van der Waals surface area contributed by atoms with Crippen LogP contribution in [0.25, 0.3) is 0 Å². The van der Waals surface area contributed by atoms with Gasteiger partial charge in [0.25, 0.3) is 0 Å². The number of fused-ring (bicyclic) bond motifs is 1. The van der Waals surface area contributed by atoms with E-state index in [9.17, 15) is 9.59 Å². The van der Waals surface area contributed by atoms with Crippen LogP contribution < -0.4 is 5.73 Å². The van der Waals surface area contributed by atoms with E-state index in [4.69, 9.17) is 5.73 Å². The molecule has 0 aromatic heterocycles. The van der Waals surface area contributed by atoms with Crippen LogP contribution in [0.2, 0.25) is 0 Å². The average Bonchev–Trinajstić information content (AvgIpc) is 2.68. The molecule has 0 aliphatic carbocycles. The zero-order chi connectivity index (χ0) is 18.4. The topological polar surface area (TPSA) is 66.6 Å². The monoisotopic (exact) mass is 357 g/mol. The van der Waals surface area contributed by atoms with Gasteiger partial charge in [-0.1, -0.05) is 30.3 Å². The van der Waals surface area contributed by atoms with E-state index in [0.717, 1.165) is 45.2 Å². The summed E-state index contributed by atoms with van der Waals surface area (Å²) in [6.45, 7) is 2.73. The van der Waals surface area contributed by atoms with Crippen LogP contribution in [0.15, 0.2) is 30.3 Å². The summed E-state index contributed by atoms with van der Waals surface area (Å²) in [5, 5.41) is 0. The highest BCUT2D eigenvalue weighted by Crippen LogP contribution is 2.31. The first-order valence-corrected chi connectivity index (χ1v) is 10.0. The van der Waals surface area contributed by atoms with E-state index in [1.165, 1.54) is 5.56 Å². The molecule has 142 valence electrons. The summed E-state index contributed by atoms with van der Waals surface area (Å²) in [4.78, 5) is 28.7. The van der Waals surface area contributed by atoms with Crippen molar-refractivity contribution in [3.05, 3.63) is 35.9 Å². The van der Waals surface area contributed by atoms with Gasteiger partial charge < -0.3 is 15.5 Å². The van der Waals surface area contributed by atoms with E-state index in [0.29, 0.717) is 31.8 Å². The van der Waals surface area contributed by atoms with Crippen molar-refractivity contribution in [1.29, 1.82) is 0 Å². The van der Waals surface area contributed by atoms with E-state index in [2.05, 4.69) is 24.3 Å². The molecule has 2 atom stereocenters. The molecule has 5 nitrogen and oxygen atoms in total. The molecule has 0 bridgehead atoms. The van der Waals surface area contributed by atoms with Gasteiger partial charge in [0.05, 0.1) is 0 Å². The van der Waals surface area contributed by atoms with Crippen LogP contribution in [0.4, 0.5) is 0 Å². The Morgan fingerprint density at radius 3 is 2.73 bits per heavy atom. The summed E-state index contributed by atoms with van der Waals surface area (Å²) in [6, 6.07) is 10.7. The van der Waals surface area contributed by atoms with Crippen molar-refractivity contribution in [2.75, 3.05) is 26.2 Å². The van der Waals surface area contributed by atoms with E-state index >= 15 is 0 Å². The van der Waals surface area contributed by atoms with E-state index in [-0.39, 0.29) is 17.9 Å². The lowest BCUT2D eigenvalue weighted by Gasteiger charge is -2.47. The third-order valence-corrected chi connectivity index (χ3v) is 5.82. The third kappa shape index (κ3) is 4.64. The van der Waals surface area contributed by atoms with E-state index in [1.807, 2.05) is 15.9 Å². The minimum absolute atomic E-state index is 0.234. The highest BCUT2D eigenvalue weighted by molar-refractivity contribution is 5.78. The first-order chi connectivity index (χ1) is 12.7. The fourth-order valence-electron chi connectivity index (χ4n) is 4.42. The molecule has 26 heavy (non-hydrogen) atoms. The summed E-state index contributed by atoms with van der Waals surface area (Å²) < 4.78 is 0. The van der Waals surface area contributed by atoms with Crippen LogP contribution in [0.3, 0.4) is 0 Å². The summed E-state index contributed by atoms with van der Waals surface area (Å²) in [7, 11) is 0. The molecule has 2 aliphatic rings. The molecule has 2 amide bonds. The van der Waals surface area contributed by atoms with Gasteiger partial charge in [0.1, 0.15) is 0 Å². The van der Waals surface area contributed by atoms with Gasteiger partial charge >= 0.3 is 0 Å². The highest BCUT2D eigenvalue weighted by Gasteiger charge is 2.39. The van der Waals surface area contributed by atoms with Gasteiger partial charge in [-0.05, 0) is 43.6 Å². The second kappa shape index (κ2) is 9.17. The minimum atomic E-state index is 0.234. The number of benzene rings is 1. The maximum atomic E-state index is 12.6. The lowest BCUT2D eigenvalue weighted by Crippen LogP contribution is -2.57. The summed E-state index contributed by atoms with van der Waals surface area (Å²) >= 11 is 0. The Labute approximate surface area is 156 Å². The quantitative estimate of drug-likeness (QED) is 0.761. The standard InChI is InChI=1S/C21H31N3O2/c22-13-15-24-19-12-14-23(16-18(19)10-11-21(24)26)20(25)9-5-4-8-17-6-2-1-3-7-17/h1-3,6-7,18-19H,4-5,8-16,22H2/t18-,19+/m0/s1. The van der Waals surface area contributed by atoms with Gasteiger partial charge in [-0.2, -0.15) is 0 Å². The van der Waals surface area contributed by atoms with Gasteiger partial charge in [-0.3, -0.25) is 9.59 Å². The maximum Gasteiger partial charge on any atom is 0.222 e. The number of nitrogens with zero attached hydrogens (tertiary/aromatic N) is 2. The Kier molecular flexibility index (Phi) is 6.67.